The Hall–Kier alpha value is -3.02. The molecule has 0 atom stereocenters. The van der Waals surface area contributed by atoms with Crippen LogP contribution in [0.3, 0.4) is 0 Å². The number of hydrogen-bond acceptors (Lipinski definition) is 4. The maximum atomic E-state index is 12.2. The van der Waals surface area contributed by atoms with Crippen molar-refractivity contribution in [2.75, 3.05) is 18.5 Å². The van der Waals surface area contributed by atoms with Crippen LogP contribution in [0.5, 0.6) is 11.5 Å². The smallest absolute Gasteiger partial charge is 0.262 e. The summed E-state index contributed by atoms with van der Waals surface area (Å²) in [7, 11) is 0. The van der Waals surface area contributed by atoms with Gasteiger partial charge in [-0.1, -0.05) is 12.1 Å². The van der Waals surface area contributed by atoms with E-state index in [0.29, 0.717) is 30.0 Å². The SMILES string of the molecule is O=C1COc2ccc(C(=O)NCCc3ccc(O)cc3)cc2N1. The molecular weight excluding hydrogens is 296 g/mol. The molecule has 0 spiro atoms. The summed E-state index contributed by atoms with van der Waals surface area (Å²) in [6.07, 6.45) is 0.663. The Labute approximate surface area is 133 Å². The fourth-order valence-corrected chi connectivity index (χ4v) is 2.31. The topological polar surface area (TPSA) is 87.7 Å². The van der Waals surface area contributed by atoms with Gasteiger partial charge in [0, 0.05) is 12.1 Å². The van der Waals surface area contributed by atoms with E-state index in [1.807, 2.05) is 12.1 Å². The van der Waals surface area contributed by atoms with Crippen LogP contribution in [0.4, 0.5) is 5.69 Å². The van der Waals surface area contributed by atoms with Gasteiger partial charge in [0.2, 0.25) is 0 Å². The highest BCUT2D eigenvalue weighted by Crippen LogP contribution is 2.28. The van der Waals surface area contributed by atoms with E-state index in [4.69, 9.17) is 4.74 Å². The second-order valence-corrected chi connectivity index (χ2v) is 5.22. The molecule has 0 saturated carbocycles. The Morgan fingerprint density at radius 2 is 2.00 bits per heavy atom. The van der Waals surface area contributed by atoms with Crippen molar-refractivity contribution >= 4 is 17.5 Å². The number of aromatic hydroxyl groups is 1. The lowest BCUT2D eigenvalue weighted by atomic mass is 10.1. The van der Waals surface area contributed by atoms with Crippen molar-refractivity contribution in [2.24, 2.45) is 0 Å². The van der Waals surface area contributed by atoms with Crippen molar-refractivity contribution in [1.82, 2.24) is 5.32 Å². The first kappa shape index (κ1) is 14.9. The normalized spacial score (nSPS) is 12.8. The first-order valence-corrected chi connectivity index (χ1v) is 7.24. The molecule has 0 aliphatic carbocycles. The molecule has 2 amide bonds. The lowest BCUT2D eigenvalue weighted by molar-refractivity contribution is -0.118. The molecule has 1 heterocycles. The number of anilines is 1. The summed E-state index contributed by atoms with van der Waals surface area (Å²) in [6.45, 7) is 0.467. The maximum Gasteiger partial charge on any atom is 0.262 e. The summed E-state index contributed by atoms with van der Waals surface area (Å²) in [5.41, 5.74) is 1.99. The number of fused-ring (bicyclic) bond motifs is 1. The summed E-state index contributed by atoms with van der Waals surface area (Å²) in [4.78, 5) is 23.5. The number of nitrogens with one attached hydrogen (secondary N) is 2. The van der Waals surface area contributed by atoms with Gasteiger partial charge in [0.05, 0.1) is 5.69 Å². The van der Waals surface area contributed by atoms with Gasteiger partial charge in [0.25, 0.3) is 11.8 Å². The highest BCUT2D eigenvalue weighted by molar-refractivity contribution is 5.99. The molecule has 0 radical (unpaired) electrons. The van der Waals surface area contributed by atoms with Crippen molar-refractivity contribution in [3.63, 3.8) is 0 Å². The van der Waals surface area contributed by atoms with Crippen LogP contribution in [-0.2, 0) is 11.2 Å². The quantitative estimate of drug-likeness (QED) is 0.802. The monoisotopic (exact) mass is 312 g/mol. The third-order valence-corrected chi connectivity index (χ3v) is 3.51. The van der Waals surface area contributed by atoms with Crippen LogP contribution in [0.15, 0.2) is 42.5 Å². The van der Waals surface area contributed by atoms with Gasteiger partial charge in [-0.2, -0.15) is 0 Å². The summed E-state index contributed by atoms with van der Waals surface area (Å²) in [5.74, 6) is 0.329. The van der Waals surface area contributed by atoms with Gasteiger partial charge in [-0.3, -0.25) is 9.59 Å². The van der Waals surface area contributed by atoms with Crippen molar-refractivity contribution in [2.45, 2.75) is 6.42 Å². The number of benzene rings is 2. The molecule has 0 unspecified atom stereocenters. The van der Waals surface area contributed by atoms with Gasteiger partial charge in [0.15, 0.2) is 6.61 Å². The van der Waals surface area contributed by atoms with Gasteiger partial charge in [-0.05, 0) is 42.3 Å². The van der Waals surface area contributed by atoms with Crippen molar-refractivity contribution in [3.8, 4) is 11.5 Å². The fourth-order valence-electron chi connectivity index (χ4n) is 2.31. The third-order valence-electron chi connectivity index (χ3n) is 3.51. The van der Waals surface area contributed by atoms with Crippen LogP contribution in [0.2, 0.25) is 0 Å². The van der Waals surface area contributed by atoms with Crippen LogP contribution >= 0.6 is 0 Å². The van der Waals surface area contributed by atoms with E-state index in [2.05, 4.69) is 10.6 Å². The van der Waals surface area contributed by atoms with Crippen LogP contribution in [0.25, 0.3) is 0 Å². The Morgan fingerprint density at radius 3 is 2.78 bits per heavy atom. The molecule has 0 aromatic heterocycles. The molecular formula is C17H16N2O4. The number of carbonyl (C=O) groups excluding carboxylic acids is 2. The minimum absolute atomic E-state index is 0.00876. The predicted octanol–water partition coefficient (Wildman–Crippen LogP) is 1.70. The Balaban J connectivity index is 1.59. The number of hydrogen-bond donors (Lipinski definition) is 3. The van der Waals surface area contributed by atoms with Crippen LogP contribution in [-0.4, -0.2) is 30.1 Å². The first-order valence-electron chi connectivity index (χ1n) is 7.24. The molecule has 6 nitrogen and oxygen atoms in total. The van der Waals surface area contributed by atoms with Gasteiger partial charge in [0.1, 0.15) is 11.5 Å². The van der Waals surface area contributed by atoms with Crippen molar-refractivity contribution in [1.29, 1.82) is 0 Å². The summed E-state index contributed by atoms with van der Waals surface area (Å²) in [5, 5.41) is 14.7. The zero-order valence-corrected chi connectivity index (χ0v) is 12.3. The highest BCUT2D eigenvalue weighted by Gasteiger charge is 2.17. The molecule has 2 aromatic carbocycles. The van der Waals surface area contributed by atoms with Crippen LogP contribution in [0, 0.1) is 0 Å². The fraction of sp³-hybridized carbons (Fsp3) is 0.176. The van der Waals surface area contributed by atoms with E-state index < -0.39 is 0 Å². The van der Waals surface area contributed by atoms with E-state index in [-0.39, 0.29) is 24.2 Å². The van der Waals surface area contributed by atoms with Gasteiger partial charge >= 0.3 is 0 Å². The first-order chi connectivity index (χ1) is 11.1. The van der Waals surface area contributed by atoms with E-state index in [1.165, 1.54) is 0 Å². The molecule has 118 valence electrons. The lowest BCUT2D eigenvalue weighted by Crippen LogP contribution is -2.28. The third kappa shape index (κ3) is 3.60. The van der Waals surface area contributed by atoms with Crippen LogP contribution < -0.4 is 15.4 Å². The zero-order chi connectivity index (χ0) is 16.2. The molecule has 1 aliphatic rings. The molecule has 3 rings (SSSR count). The number of carbonyl (C=O) groups is 2. The molecule has 0 saturated heterocycles. The van der Waals surface area contributed by atoms with E-state index in [9.17, 15) is 14.7 Å². The molecule has 0 fully saturated rings. The standard InChI is InChI=1S/C17H16N2O4/c20-13-4-1-11(2-5-13)7-8-18-17(22)12-3-6-15-14(9-12)19-16(21)10-23-15/h1-6,9,20H,7-8,10H2,(H,18,22)(H,19,21). The second-order valence-electron chi connectivity index (χ2n) is 5.22. The largest absolute Gasteiger partial charge is 0.508 e. The minimum Gasteiger partial charge on any atom is -0.508 e. The number of amides is 2. The van der Waals surface area contributed by atoms with E-state index in [1.54, 1.807) is 30.3 Å². The van der Waals surface area contributed by atoms with Crippen LogP contribution in [0.1, 0.15) is 15.9 Å². The van der Waals surface area contributed by atoms with Crippen molar-refractivity contribution in [3.05, 3.63) is 53.6 Å². The Bertz CT molecular complexity index is 741. The predicted molar refractivity (Wildman–Crippen MR) is 84.7 cm³/mol. The van der Waals surface area contributed by atoms with E-state index in [0.717, 1.165) is 5.56 Å². The Kier molecular flexibility index (Phi) is 4.14. The molecule has 2 aromatic rings. The lowest BCUT2D eigenvalue weighted by Gasteiger charge is -2.18. The number of ether oxygens (including phenoxy) is 1. The second kappa shape index (κ2) is 6.39. The summed E-state index contributed by atoms with van der Waals surface area (Å²) >= 11 is 0. The van der Waals surface area contributed by atoms with Gasteiger partial charge in [-0.25, -0.2) is 0 Å². The number of phenols is 1. The number of phenolic OH excluding ortho intramolecular Hbond substituents is 1. The van der Waals surface area contributed by atoms with Gasteiger partial charge in [-0.15, -0.1) is 0 Å². The minimum atomic E-state index is -0.234. The molecule has 1 aliphatic heterocycles. The van der Waals surface area contributed by atoms with Crippen molar-refractivity contribution < 1.29 is 19.4 Å². The maximum absolute atomic E-state index is 12.2. The van der Waals surface area contributed by atoms with Gasteiger partial charge < -0.3 is 20.5 Å². The van der Waals surface area contributed by atoms with E-state index >= 15 is 0 Å². The Morgan fingerprint density at radius 1 is 1.22 bits per heavy atom. The zero-order valence-electron chi connectivity index (χ0n) is 12.3. The molecule has 6 heteroatoms. The average Bonchev–Trinajstić information content (AvgIpc) is 2.56. The summed E-state index contributed by atoms with van der Waals surface area (Å²) < 4.78 is 5.25. The molecule has 0 bridgehead atoms. The average molecular weight is 312 g/mol. The summed E-state index contributed by atoms with van der Waals surface area (Å²) in [6, 6.07) is 11.8. The molecule has 23 heavy (non-hydrogen) atoms. The molecule has 3 N–H and O–H groups in total. The highest BCUT2D eigenvalue weighted by atomic mass is 16.5. The number of rotatable bonds is 4.